The van der Waals surface area contributed by atoms with Crippen molar-refractivity contribution in [3.05, 3.63) is 17.5 Å². The lowest BCUT2D eigenvalue weighted by Gasteiger charge is -2.28. The number of nitrogens with one attached hydrogen (secondary N) is 1. The molecule has 1 saturated carbocycles. The maximum atomic E-state index is 12.2. The molecule has 0 bridgehead atoms. The number of carbonyl (C=O) groups excluding carboxylic acids is 1. The first-order valence-electron chi connectivity index (χ1n) is 9.85. The Kier molecular flexibility index (Phi) is 6.87. The van der Waals surface area contributed by atoms with Crippen LogP contribution < -0.4 is 5.32 Å². The first kappa shape index (κ1) is 18.4. The highest BCUT2D eigenvalue weighted by molar-refractivity contribution is 5.92. The van der Waals surface area contributed by atoms with Gasteiger partial charge in [0.1, 0.15) is 0 Å². The molecule has 6 heteroatoms. The third-order valence-corrected chi connectivity index (χ3v) is 5.46. The Labute approximate surface area is 149 Å². The first-order chi connectivity index (χ1) is 12.2. The SMILES string of the molecule is O=C(NCCC1CCCCCC1)c1cc(CN2CCC[C@H](O)C2)on1. The number of aromatic nitrogens is 1. The van der Waals surface area contributed by atoms with Crippen molar-refractivity contribution >= 4 is 5.91 Å². The van der Waals surface area contributed by atoms with E-state index >= 15 is 0 Å². The molecule has 1 saturated heterocycles. The summed E-state index contributed by atoms with van der Waals surface area (Å²) < 4.78 is 5.30. The summed E-state index contributed by atoms with van der Waals surface area (Å²) in [5.74, 6) is 1.28. The quantitative estimate of drug-likeness (QED) is 0.772. The van der Waals surface area contributed by atoms with Gasteiger partial charge in [-0.3, -0.25) is 9.69 Å². The Morgan fingerprint density at radius 1 is 1.24 bits per heavy atom. The molecule has 1 aliphatic heterocycles. The van der Waals surface area contributed by atoms with Crippen molar-refractivity contribution < 1.29 is 14.4 Å². The molecule has 25 heavy (non-hydrogen) atoms. The van der Waals surface area contributed by atoms with Crippen LogP contribution in [-0.4, -0.2) is 46.8 Å². The summed E-state index contributed by atoms with van der Waals surface area (Å²) in [6.07, 6.45) is 10.6. The molecule has 0 unspecified atom stereocenters. The highest BCUT2D eigenvalue weighted by Crippen LogP contribution is 2.24. The first-order valence-corrected chi connectivity index (χ1v) is 9.85. The molecule has 2 heterocycles. The topological polar surface area (TPSA) is 78.6 Å². The predicted octanol–water partition coefficient (Wildman–Crippen LogP) is 2.72. The van der Waals surface area contributed by atoms with Crippen molar-refractivity contribution in [1.82, 2.24) is 15.4 Å². The number of aliphatic hydroxyl groups excluding tert-OH is 1. The molecule has 0 spiro atoms. The van der Waals surface area contributed by atoms with Crippen molar-refractivity contribution in [3.63, 3.8) is 0 Å². The lowest BCUT2D eigenvalue weighted by Crippen LogP contribution is -2.37. The monoisotopic (exact) mass is 349 g/mol. The maximum absolute atomic E-state index is 12.2. The molecule has 1 aromatic heterocycles. The van der Waals surface area contributed by atoms with Crippen LogP contribution >= 0.6 is 0 Å². The molecule has 1 atom stereocenters. The van der Waals surface area contributed by atoms with E-state index in [9.17, 15) is 9.90 Å². The van der Waals surface area contributed by atoms with E-state index in [-0.39, 0.29) is 12.0 Å². The number of carbonyl (C=O) groups is 1. The molecular formula is C19H31N3O3. The highest BCUT2D eigenvalue weighted by Gasteiger charge is 2.20. The minimum Gasteiger partial charge on any atom is -0.392 e. The van der Waals surface area contributed by atoms with E-state index in [4.69, 9.17) is 4.52 Å². The standard InChI is InChI=1S/C19H31N3O3/c23-16-8-5-11-22(13-16)14-17-12-18(21-25-17)19(24)20-10-9-15-6-3-1-2-4-7-15/h12,15-16,23H,1-11,13-14H2,(H,20,24)/t16-/m0/s1. The van der Waals surface area contributed by atoms with Gasteiger partial charge >= 0.3 is 0 Å². The van der Waals surface area contributed by atoms with Crippen LogP contribution in [-0.2, 0) is 6.54 Å². The minimum atomic E-state index is -0.261. The smallest absolute Gasteiger partial charge is 0.273 e. The Morgan fingerprint density at radius 3 is 2.80 bits per heavy atom. The van der Waals surface area contributed by atoms with Crippen molar-refractivity contribution in [2.45, 2.75) is 70.4 Å². The number of nitrogens with zero attached hydrogens (tertiary/aromatic N) is 2. The van der Waals surface area contributed by atoms with Crippen molar-refractivity contribution in [3.8, 4) is 0 Å². The number of likely N-dealkylation sites (tertiary alicyclic amines) is 1. The van der Waals surface area contributed by atoms with E-state index in [2.05, 4.69) is 15.4 Å². The zero-order valence-corrected chi connectivity index (χ0v) is 15.1. The van der Waals surface area contributed by atoms with E-state index < -0.39 is 0 Å². The predicted molar refractivity (Wildman–Crippen MR) is 95.2 cm³/mol. The third-order valence-electron chi connectivity index (χ3n) is 5.46. The molecule has 1 amide bonds. The maximum Gasteiger partial charge on any atom is 0.273 e. The second-order valence-electron chi connectivity index (χ2n) is 7.61. The van der Waals surface area contributed by atoms with Crippen LogP contribution in [0.3, 0.4) is 0 Å². The van der Waals surface area contributed by atoms with Gasteiger partial charge in [0.05, 0.1) is 12.6 Å². The summed E-state index contributed by atoms with van der Waals surface area (Å²) in [6, 6.07) is 1.72. The summed E-state index contributed by atoms with van der Waals surface area (Å²) in [6.45, 7) is 2.91. The van der Waals surface area contributed by atoms with Gasteiger partial charge in [0.15, 0.2) is 11.5 Å². The fraction of sp³-hybridized carbons (Fsp3) is 0.789. The van der Waals surface area contributed by atoms with Gasteiger partial charge in [-0.25, -0.2) is 0 Å². The van der Waals surface area contributed by atoms with Crippen LogP contribution in [0.1, 0.15) is 74.0 Å². The molecule has 3 rings (SSSR count). The van der Waals surface area contributed by atoms with Gasteiger partial charge in [-0.1, -0.05) is 43.7 Å². The molecule has 2 fully saturated rings. The highest BCUT2D eigenvalue weighted by atomic mass is 16.5. The van der Waals surface area contributed by atoms with Crippen LogP contribution in [0.4, 0.5) is 0 Å². The average Bonchev–Trinajstić information content (AvgIpc) is 2.90. The lowest BCUT2D eigenvalue weighted by atomic mass is 9.97. The zero-order valence-electron chi connectivity index (χ0n) is 15.1. The van der Waals surface area contributed by atoms with Crippen LogP contribution in [0.5, 0.6) is 0 Å². The molecule has 0 radical (unpaired) electrons. The van der Waals surface area contributed by atoms with E-state index in [0.29, 0.717) is 31.1 Å². The number of rotatable bonds is 6. The Hall–Kier alpha value is -1.40. The van der Waals surface area contributed by atoms with Crippen LogP contribution in [0.25, 0.3) is 0 Å². The molecule has 1 aromatic rings. The molecule has 2 aliphatic rings. The summed E-state index contributed by atoms with van der Waals surface area (Å²) in [4.78, 5) is 14.4. The second-order valence-corrected chi connectivity index (χ2v) is 7.61. The van der Waals surface area contributed by atoms with Gasteiger partial charge in [0.2, 0.25) is 0 Å². The largest absolute Gasteiger partial charge is 0.392 e. The summed E-state index contributed by atoms with van der Waals surface area (Å²) in [5, 5.41) is 16.6. The fourth-order valence-corrected chi connectivity index (χ4v) is 4.02. The minimum absolute atomic E-state index is 0.151. The van der Waals surface area contributed by atoms with Crippen molar-refractivity contribution in [2.24, 2.45) is 5.92 Å². The van der Waals surface area contributed by atoms with Gasteiger partial charge < -0.3 is 14.9 Å². The van der Waals surface area contributed by atoms with Crippen LogP contribution in [0.15, 0.2) is 10.6 Å². The summed E-state index contributed by atoms with van der Waals surface area (Å²) >= 11 is 0. The van der Waals surface area contributed by atoms with Gasteiger partial charge in [-0.15, -0.1) is 0 Å². The van der Waals surface area contributed by atoms with Gasteiger partial charge in [-0.2, -0.15) is 0 Å². The van der Waals surface area contributed by atoms with Crippen molar-refractivity contribution in [1.29, 1.82) is 0 Å². The van der Waals surface area contributed by atoms with Gasteiger partial charge in [0, 0.05) is 19.2 Å². The molecule has 6 nitrogen and oxygen atoms in total. The number of hydrogen-bond donors (Lipinski definition) is 2. The Morgan fingerprint density at radius 2 is 2.04 bits per heavy atom. The molecular weight excluding hydrogens is 318 g/mol. The molecule has 140 valence electrons. The number of amides is 1. The average molecular weight is 349 g/mol. The van der Waals surface area contributed by atoms with Gasteiger partial charge in [-0.05, 0) is 31.7 Å². The summed E-state index contributed by atoms with van der Waals surface area (Å²) in [7, 11) is 0. The van der Waals surface area contributed by atoms with Gasteiger partial charge in [0.25, 0.3) is 5.91 Å². The molecule has 2 N–H and O–H groups in total. The Bertz CT molecular complexity index is 538. The second kappa shape index (κ2) is 9.34. The van der Waals surface area contributed by atoms with E-state index in [1.165, 1.54) is 38.5 Å². The third kappa shape index (κ3) is 5.82. The number of β-amino-alcohol motifs (C(OH)–C–C–N with tert-alkyl or cyclic N) is 1. The van der Waals surface area contributed by atoms with Crippen molar-refractivity contribution in [2.75, 3.05) is 19.6 Å². The number of aliphatic hydroxyl groups is 1. The van der Waals surface area contributed by atoms with Crippen LogP contribution in [0.2, 0.25) is 0 Å². The summed E-state index contributed by atoms with van der Waals surface area (Å²) in [5.41, 5.74) is 0.355. The van der Waals surface area contributed by atoms with E-state index in [0.717, 1.165) is 31.7 Å². The normalized spacial score (nSPS) is 23.3. The lowest BCUT2D eigenvalue weighted by molar-refractivity contribution is 0.0622. The fourth-order valence-electron chi connectivity index (χ4n) is 4.02. The molecule has 1 aliphatic carbocycles. The van der Waals surface area contributed by atoms with E-state index in [1.807, 2.05) is 0 Å². The van der Waals surface area contributed by atoms with Crippen LogP contribution in [0, 0.1) is 5.92 Å². The Balaban J connectivity index is 1.41. The number of hydrogen-bond acceptors (Lipinski definition) is 5. The van der Waals surface area contributed by atoms with E-state index in [1.54, 1.807) is 6.07 Å². The molecule has 0 aromatic carbocycles. The number of piperidine rings is 1. The zero-order chi connectivity index (χ0) is 17.5.